The number of hydrogen-bond acceptors (Lipinski definition) is 6. The van der Waals surface area contributed by atoms with Gasteiger partial charge in [0.2, 0.25) is 0 Å². The molecule has 8 heteroatoms. The van der Waals surface area contributed by atoms with E-state index in [0.29, 0.717) is 17.7 Å². The molecule has 0 amide bonds. The molecule has 0 radical (unpaired) electrons. The number of pyridine rings is 1. The molecule has 0 saturated heterocycles. The predicted octanol–water partition coefficient (Wildman–Crippen LogP) is 4.35. The van der Waals surface area contributed by atoms with Gasteiger partial charge < -0.3 is 9.88 Å². The van der Waals surface area contributed by atoms with Crippen LogP contribution in [0.1, 0.15) is 43.6 Å². The van der Waals surface area contributed by atoms with Gasteiger partial charge in [0.1, 0.15) is 11.3 Å². The topological polar surface area (TPSA) is 103 Å². The van der Waals surface area contributed by atoms with Crippen molar-refractivity contribution in [2.24, 2.45) is 0 Å². The second kappa shape index (κ2) is 11.1. The van der Waals surface area contributed by atoms with Crippen molar-refractivity contribution < 1.29 is 4.79 Å². The Labute approximate surface area is 182 Å². The molecule has 2 N–H and O–H groups in total. The Kier molecular flexibility index (Phi) is 8.00. The molecule has 4 rings (SSSR count). The molecule has 0 aliphatic carbocycles. The van der Waals surface area contributed by atoms with Crippen molar-refractivity contribution in [3.8, 4) is 22.6 Å². The van der Waals surface area contributed by atoms with E-state index in [1.807, 2.05) is 18.2 Å². The summed E-state index contributed by atoms with van der Waals surface area (Å²) in [7, 11) is 2.19. The second-order valence-electron chi connectivity index (χ2n) is 7.42. The van der Waals surface area contributed by atoms with Crippen LogP contribution >= 0.6 is 0 Å². The lowest BCUT2D eigenvalue weighted by Crippen LogP contribution is -2.19. The van der Waals surface area contributed by atoms with E-state index in [1.165, 1.54) is 38.5 Å². The number of aromatic nitrogens is 6. The first-order chi connectivity index (χ1) is 15.1. The Morgan fingerprint density at radius 1 is 1.06 bits per heavy atom. The normalized spacial score (nSPS) is 10.8. The number of carbonyl (C=O) groups is 1. The molecule has 8 nitrogen and oxygen atoms in total. The lowest BCUT2D eigenvalue weighted by Gasteiger charge is -2.13. The summed E-state index contributed by atoms with van der Waals surface area (Å²) in [6.45, 7) is 6.98. The Balaban J connectivity index is 0.000000259. The summed E-state index contributed by atoms with van der Waals surface area (Å²) in [5, 5.41) is 7.79. The van der Waals surface area contributed by atoms with Gasteiger partial charge in [-0.2, -0.15) is 5.10 Å². The fraction of sp³-hybridized carbons (Fsp3) is 0.348. The highest BCUT2D eigenvalue weighted by Crippen LogP contribution is 2.25. The molecule has 0 aromatic carbocycles. The van der Waals surface area contributed by atoms with E-state index >= 15 is 0 Å². The Bertz CT molecular complexity index is 1090. The molecule has 4 aromatic rings. The monoisotopic (exact) mass is 419 g/mol. The molecule has 0 spiro atoms. The predicted molar refractivity (Wildman–Crippen MR) is 123 cm³/mol. The number of nitrogens with zero attached hydrogens (tertiary/aromatic N) is 5. The Hall–Kier alpha value is -3.39. The second-order valence-corrected chi connectivity index (χ2v) is 7.42. The van der Waals surface area contributed by atoms with Gasteiger partial charge in [-0.05, 0) is 51.2 Å². The van der Waals surface area contributed by atoms with Crippen molar-refractivity contribution in [3.05, 3.63) is 48.7 Å². The van der Waals surface area contributed by atoms with E-state index in [9.17, 15) is 4.79 Å². The van der Waals surface area contributed by atoms with Gasteiger partial charge in [-0.25, -0.2) is 9.97 Å². The third-order valence-electron chi connectivity index (χ3n) is 4.83. The average molecular weight is 420 g/mol. The molecule has 0 fully saturated rings. The molecular weight excluding hydrogens is 390 g/mol. The molecule has 4 heterocycles. The van der Waals surface area contributed by atoms with Crippen LogP contribution in [0, 0.1) is 0 Å². The van der Waals surface area contributed by atoms with Crippen LogP contribution in [0.4, 0.5) is 0 Å². The number of H-pyrrole nitrogens is 2. The SMILES string of the molecule is CCCCN(C)CCC.O=Cc1cncc(-c2cnc3[nH]c(-c4ccn[nH]4)cc3c2)n1. The van der Waals surface area contributed by atoms with Gasteiger partial charge in [-0.1, -0.05) is 20.3 Å². The summed E-state index contributed by atoms with van der Waals surface area (Å²) in [5.74, 6) is 0. The number of carbonyl (C=O) groups excluding carboxylic acids is 1. The molecule has 0 unspecified atom stereocenters. The zero-order chi connectivity index (χ0) is 22.1. The minimum Gasteiger partial charge on any atom is -0.338 e. The standard InChI is InChI=1S/C15H10N6O.C8H19N/c22-8-11-6-16-7-14(19-11)10-3-9-4-13(12-1-2-18-21-12)20-15(9)17-5-10;1-4-6-8-9(3)7-5-2/h1-8H,(H,17,20)(H,18,21);4-8H2,1-3H3. The van der Waals surface area contributed by atoms with Crippen LogP contribution in [0.3, 0.4) is 0 Å². The third kappa shape index (κ3) is 6.05. The maximum atomic E-state index is 10.8. The van der Waals surface area contributed by atoms with Crippen LogP contribution in [-0.2, 0) is 0 Å². The van der Waals surface area contributed by atoms with Crippen molar-refractivity contribution in [1.82, 2.24) is 35.0 Å². The molecule has 162 valence electrons. The molecular formula is C23H29N7O. The quantitative estimate of drug-likeness (QED) is 0.412. The van der Waals surface area contributed by atoms with Gasteiger partial charge in [0.05, 0.1) is 29.5 Å². The summed E-state index contributed by atoms with van der Waals surface area (Å²) >= 11 is 0. The van der Waals surface area contributed by atoms with E-state index in [0.717, 1.165) is 28.0 Å². The lowest BCUT2D eigenvalue weighted by molar-refractivity contribution is 0.111. The summed E-state index contributed by atoms with van der Waals surface area (Å²) in [5.41, 5.74) is 4.28. The van der Waals surface area contributed by atoms with Crippen LogP contribution < -0.4 is 0 Å². The minimum atomic E-state index is 0.296. The molecule has 0 bridgehead atoms. The highest BCUT2D eigenvalue weighted by Gasteiger charge is 2.08. The van der Waals surface area contributed by atoms with E-state index < -0.39 is 0 Å². The van der Waals surface area contributed by atoms with Crippen LogP contribution in [0.2, 0.25) is 0 Å². The maximum absolute atomic E-state index is 10.8. The molecule has 0 saturated carbocycles. The van der Waals surface area contributed by atoms with Gasteiger partial charge in [0.15, 0.2) is 6.29 Å². The molecule has 0 atom stereocenters. The van der Waals surface area contributed by atoms with E-state index in [1.54, 1.807) is 18.6 Å². The minimum absolute atomic E-state index is 0.296. The number of aldehydes is 1. The van der Waals surface area contributed by atoms with Crippen LogP contribution in [0.5, 0.6) is 0 Å². The molecule has 0 aliphatic heterocycles. The van der Waals surface area contributed by atoms with Gasteiger partial charge in [-0.3, -0.25) is 14.9 Å². The zero-order valence-electron chi connectivity index (χ0n) is 18.3. The van der Waals surface area contributed by atoms with E-state index in [-0.39, 0.29) is 0 Å². The average Bonchev–Trinajstić information content (AvgIpc) is 3.47. The summed E-state index contributed by atoms with van der Waals surface area (Å²) < 4.78 is 0. The van der Waals surface area contributed by atoms with Crippen molar-refractivity contribution in [2.75, 3.05) is 20.1 Å². The highest BCUT2D eigenvalue weighted by atomic mass is 16.1. The third-order valence-corrected chi connectivity index (χ3v) is 4.83. The maximum Gasteiger partial charge on any atom is 0.170 e. The number of hydrogen-bond donors (Lipinski definition) is 2. The highest BCUT2D eigenvalue weighted by molar-refractivity contribution is 5.85. The van der Waals surface area contributed by atoms with Crippen LogP contribution in [0.25, 0.3) is 33.7 Å². The summed E-state index contributed by atoms with van der Waals surface area (Å²) in [4.78, 5) is 29.1. The first-order valence-electron chi connectivity index (χ1n) is 10.6. The first-order valence-corrected chi connectivity index (χ1v) is 10.6. The Morgan fingerprint density at radius 2 is 1.94 bits per heavy atom. The van der Waals surface area contributed by atoms with Crippen molar-refractivity contribution in [2.45, 2.75) is 33.1 Å². The smallest absolute Gasteiger partial charge is 0.170 e. The van der Waals surface area contributed by atoms with Gasteiger partial charge in [0, 0.05) is 23.3 Å². The van der Waals surface area contributed by atoms with Crippen LogP contribution in [0.15, 0.2) is 43.0 Å². The number of aromatic amines is 2. The number of nitrogens with one attached hydrogen (secondary N) is 2. The number of fused-ring (bicyclic) bond motifs is 1. The zero-order valence-corrected chi connectivity index (χ0v) is 18.3. The fourth-order valence-electron chi connectivity index (χ4n) is 3.20. The van der Waals surface area contributed by atoms with E-state index in [4.69, 9.17) is 0 Å². The number of unbranched alkanes of at least 4 members (excludes halogenated alkanes) is 1. The van der Waals surface area contributed by atoms with Crippen molar-refractivity contribution in [1.29, 1.82) is 0 Å². The van der Waals surface area contributed by atoms with Crippen molar-refractivity contribution in [3.63, 3.8) is 0 Å². The number of rotatable bonds is 8. The summed E-state index contributed by atoms with van der Waals surface area (Å²) in [6, 6.07) is 5.82. The van der Waals surface area contributed by atoms with Gasteiger partial charge >= 0.3 is 0 Å². The van der Waals surface area contributed by atoms with E-state index in [2.05, 4.69) is 55.9 Å². The fourth-order valence-corrected chi connectivity index (χ4v) is 3.20. The molecule has 31 heavy (non-hydrogen) atoms. The van der Waals surface area contributed by atoms with Gasteiger partial charge in [-0.15, -0.1) is 0 Å². The summed E-state index contributed by atoms with van der Waals surface area (Å²) in [6.07, 6.45) is 11.0. The van der Waals surface area contributed by atoms with Crippen LogP contribution in [-0.4, -0.2) is 61.5 Å². The van der Waals surface area contributed by atoms with Gasteiger partial charge in [0.25, 0.3) is 0 Å². The Morgan fingerprint density at radius 3 is 2.65 bits per heavy atom. The molecule has 4 aromatic heterocycles. The van der Waals surface area contributed by atoms with Crippen molar-refractivity contribution >= 4 is 17.3 Å². The first kappa shape index (κ1) is 22.3. The lowest BCUT2D eigenvalue weighted by atomic mass is 10.2. The largest absolute Gasteiger partial charge is 0.338 e. The molecule has 0 aliphatic rings.